The quantitative estimate of drug-likeness (QED) is 0.558. The van der Waals surface area contributed by atoms with Gasteiger partial charge in [0.05, 0.1) is 28.7 Å². The molecular formula is C24H23ClFN5O3. The molecule has 176 valence electrons. The largest absolute Gasteiger partial charge is 0.463 e. The number of carbonyl (C=O) groups excluding carboxylic acids is 1. The maximum Gasteiger partial charge on any atom is 0.434 e. The number of aromatic nitrogens is 2. The van der Waals surface area contributed by atoms with E-state index in [0.717, 1.165) is 35.5 Å². The van der Waals surface area contributed by atoms with Crippen LogP contribution < -0.4 is 5.32 Å². The number of hydrogen-bond donors (Lipinski definition) is 2. The van der Waals surface area contributed by atoms with E-state index < -0.39 is 17.4 Å². The first-order chi connectivity index (χ1) is 16.2. The van der Waals surface area contributed by atoms with Crippen molar-refractivity contribution in [2.24, 2.45) is 4.99 Å². The third kappa shape index (κ3) is 3.60. The van der Waals surface area contributed by atoms with E-state index in [1.807, 2.05) is 10.6 Å². The highest BCUT2D eigenvalue weighted by molar-refractivity contribution is 6.31. The van der Waals surface area contributed by atoms with Crippen LogP contribution in [0.15, 0.2) is 41.4 Å². The number of aliphatic imine (C=N–C) groups is 1. The minimum absolute atomic E-state index is 0.0749. The predicted octanol–water partition coefficient (Wildman–Crippen LogP) is 4.79. The van der Waals surface area contributed by atoms with Gasteiger partial charge in [-0.25, -0.2) is 14.2 Å². The van der Waals surface area contributed by atoms with Gasteiger partial charge in [-0.2, -0.15) is 0 Å². The Hall–Kier alpha value is -3.46. The molecule has 2 amide bonds. The number of nitrogens with one attached hydrogen (secondary N) is 1. The molecule has 1 aromatic heterocycles. The van der Waals surface area contributed by atoms with Crippen LogP contribution in [0.5, 0.6) is 0 Å². The number of imidazole rings is 1. The molecule has 2 aromatic carbocycles. The van der Waals surface area contributed by atoms with E-state index in [1.165, 1.54) is 7.05 Å². The van der Waals surface area contributed by atoms with Gasteiger partial charge in [0.25, 0.3) is 0 Å². The van der Waals surface area contributed by atoms with Gasteiger partial charge >= 0.3 is 6.09 Å². The van der Waals surface area contributed by atoms with Gasteiger partial charge in [-0.3, -0.25) is 14.3 Å². The Bertz CT molecular complexity index is 1370. The Balaban J connectivity index is 1.67. The minimum Gasteiger partial charge on any atom is -0.463 e. The molecule has 2 heterocycles. The average Bonchev–Trinajstić information content (AvgIpc) is 3.08. The van der Waals surface area contributed by atoms with Crippen molar-refractivity contribution in [1.29, 1.82) is 0 Å². The van der Waals surface area contributed by atoms with E-state index in [4.69, 9.17) is 21.7 Å². The molecule has 0 spiro atoms. The van der Waals surface area contributed by atoms with E-state index in [1.54, 1.807) is 37.3 Å². The van der Waals surface area contributed by atoms with Crippen LogP contribution >= 0.6 is 11.6 Å². The summed E-state index contributed by atoms with van der Waals surface area (Å²) in [5, 5.41) is 12.6. The smallest absolute Gasteiger partial charge is 0.434 e. The van der Waals surface area contributed by atoms with Crippen molar-refractivity contribution in [2.45, 2.75) is 44.1 Å². The third-order valence-electron chi connectivity index (χ3n) is 6.71. The van der Waals surface area contributed by atoms with Crippen LogP contribution in [-0.4, -0.2) is 44.6 Å². The highest BCUT2D eigenvalue weighted by atomic mass is 35.5. The topological polar surface area (TPSA) is 99.8 Å². The Labute approximate surface area is 200 Å². The van der Waals surface area contributed by atoms with Gasteiger partial charge in [0.2, 0.25) is 11.9 Å². The molecule has 1 aliphatic heterocycles. The van der Waals surface area contributed by atoms with Gasteiger partial charge in [0.15, 0.2) is 5.82 Å². The number of rotatable bonds is 3. The summed E-state index contributed by atoms with van der Waals surface area (Å²) in [5.41, 5.74) is 0.757. The SMILES string of the molecule is CN1C(=O)C[C@@](C)(c2cccc(-n3c(C4CCC4)nc4ccc(Cl)cc43)c2F)N/C1=N/C(=O)O. The van der Waals surface area contributed by atoms with Crippen molar-refractivity contribution in [1.82, 2.24) is 19.8 Å². The Morgan fingerprint density at radius 1 is 1.32 bits per heavy atom. The maximum absolute atomic E-state index is 16.3. The Morgan fingerprint density at radius 3 is 2.76 bits per heavy atom. The van der Waals surface area contributed by atoms with Gasteiger partial charge < -0.3 is 10.4 Å². The van der Waals surface area contributed by atoms with Crippen LogP contribution in [0, 0.1) is 5.82 Å². The highest BCUT2D eigenvalue weighted by Crippen LogP contribution is 2.40. The second-order valence-electron chi connectivity index (χ2n) is 9.01. The molecule has 0 bridgehead atoms. The molecule has 10 heteroatoms. The van der Waals surface area contributed by atoms with Crippen molar-refractivity contribution >= 4 is 40.6 Å². The Morgan fingerprint density at radius 2 is 2.09 bits per heavy atom. The number of amides is 2. The zero-order valence-electron chi connectivity index (χ0n) is 18.7. The highest BCUT2D eigenvalue weighted by Gasteiger charge is 2.41. The molecule has 2 aliphatic rings. The summed E-state index contributed by atoms with van der Waals surface area (Å²) >= 11 is 6.27. The summed E-state index contributed by atoms with van der Waals surface area (Å²) in [5.74, 6) is -0.0380. The van der Waals surface area contributed by atoms with Crippen LogP contribution in [0.3, 0.4) is 0 Å². The Kier molecular flexibility index (Phi) is 5.31. The minimum atomic E-state index is -1.45. The second-order valence-corrected chi connectivity index (χ2v) is 9.45. The lowest BCUT2D eigenvalue weighted by atomic mass is 9.84. The lowest BCUT2D eigenvalue weighted by Gasteiger charge is -2.40. The van der Waals surface area contributed by atoms with E-state index in [9.17, 15) is 9.59 Å². The third-order valence-corrected chi connectivity index (χ3v) is 6.95. The first-order valence-electron chi connectivity index (χ1n) is 11.0. The second kappa shape index (κ2) is 8.09. The number of fused-ring (bicyclic) bond motifs is 1. The molecule has 1 saturated heterocycles. The van der Waals surface area contributed by atoms with Gasteiger partial charge in [-0.15, -0.1) is 4.99 Å². The van der Waals surface area contributed by atoms with E-state index in [2.05, 4.69) is 10.3 Å². The summed E-state index contributed by atoms with van der Waals surface area (Å²) in [6.07, 6.45) is 1.53. The number of halogens is 2. The summed E-state index contributed by atoms with van der Waals surface area (Å²) in [4.78, 5) is 33.2. The molecule has 1 saturated carbocycles. The number of nitrogens with zero attached hydrogens (tertiary/aromatic N) is 4. The van der Waals surface area contributed by atoms with Gasteiger partial charge in [0.1, 0.15) is 5.82 Å². The summed E-state index contributed by atoms with van der Waals surface area (Å²) in [6.45, 7) is 1.66. The monoisotopic (exact) mass is 483 g/mol. The lowest BCUT2D eigenvalue weighted by Crippen LogP contribution is -2.59. The number of benzene rings is 2. The molecule has 2 fully saturated rings. The molecule has 1 aliphatic carbocycles. The molecule has 2 N–H and O–H groups in total. The molecule has 3 aromatic rings. The summed E-state index contributed by atoms with van der Waals surface area (Å²) < 4.78 is 18.1. The van der Waals surface area contributed by atoms with Crippen molar-refractivity contribution in [3.05, 3.63) is 58.6 Å². The molecule has 0 radical (unpaired) electrons. The molecule has 5 rings (SSSR count). The fourth-order valence-electron chi connectivity index (χ4n) is 4.65. The first kappa shape index (κ1) is 22.3. The fraction of sp³-hybridized carbons (Fsp3) is 0.333. The summed E-state index contributed by atoms with van der Waals surface area (Å²) in [7, 11) is 1.43. The number of guanidine groups is 1. The number of carbonyl (C=O) groups is 2. The normalized spacial score (nSPS) is 22.2. The zero-order valence-corrected chi connectivity index (χ0v) is 19.4. The van der Waals surface area contributed by atoms with Gasteiger partial charge in [-0.1, -0.05) is 30.2 Å². The van der Waals surface area contributed by atoms with E-state index in [-0.39, 0.29) is 29.8 Å². The van der Waals surface area contributed by atoms with Crippen molar-refractivity contribution < 1.29 is 19.1 Å². The fourth-order valence-corrected chi connectivity index (χ4v) is 4.82. The molecule has 1 atom stereocenters. The van der Waals surface area contributed by atoms with Crippen LogP contribution in [0.4, 0.5) is 9.18 Å². The van der Waals surface area contributed by atoms with Crippen LogP contribution in [0.25, 0.3) is 16.7 Å². The number of carboxylic acid groups (broad SMARTS) is 1. The van der Waals surface area contributed by atoms with E-state index in [0.29, 0.717) is 16.2 Å². The first-order valence-corrected chi connectivity index (χ1v) is 11.4. The van der Waals surface area contributed by atoms with Crippen LogP contribution in [0.2, 0.25) is 5.02 Å². The standard InChI is InChI=1S/C24H23ClFN5O3/c1-24(12-19(32)30(2)22(29-24)28-23(33)34)15-7-4-8-17(20(15)26)31-18-11-14(25)9-10-16(18)27-21(31)13-5-3-6-13/h4,7-11,13H,3,5-6,12H2,1-2H3,(H,28,29)(H,33,34)/t24-/m0/s1. The number of hydrogen-bond acceptors (Lipinski definition) is 3. The van der Waals surface area contributed by atoms with Crippen molar-refractivity contribution in [3.63, 3.8) is 0 Å². The predicted molar refractivity (Wildman–Crippen MR) is 126 cm³/mol. The van der Waals surface area contributed by atoms with Crippen LogP contribution in [0.1, 0.15) is 49.9 Å². The lowest BCUT2D eigenvalue weighted by molar-refractivity contribution is -0.129. The maximum atomic E-state index is 16.3. The van der Waals surface area contributed by atoms with Crippen molar-refractivity contribution in [3.8, 4) is 5.69 Å². The van der Waals surface area contributed by atoms with Gasteiger partial charge in [0, 0.05) is 23.6 Å². The average molecular weight is 484 g/mol. The summed E-state index contributed by atoms with van der Waals surface area (Å²) in [6, 6.07) is 10.4. The van der Waals surface area contributed by atoms with Gasteiger partial charge in [-0.05, 0) is 44.0 Å². The van der Waals surface area contributed by atoms with E-state index >= 15 is 4.39 Å². The molecule has 34 heavy (non-hydrogen) atoms. The van der Waals surface area contributed by atoms with Crippen LogP contribution in [-0.2, 0) is 10.3 Å². The molecule has 8 nitrogen and oxygen atoms in total. The zero-order chi connectivity index (χ0) is 24.2. The van der Waals surface area contributed by atoms with Crippen molar-refractivity contribution in [2.75, 3.05) is 7.05 Å². The molecule has 0 unspecified atom stereocenters. The molecular weight excluding hydrogens is 461 g/mol.